The van der Waals surface area contributed by atoms with Crippen LogP contribution in [0.3, 0.4) is 0 Å². The summed E-state index contributed by atoms with van der Waals surface area (Å²) in [6.45, 7) is 1.04. The van der Waals surface area contributed by atoms with E-state index in [9.17, 15) is 28.2 Å². The minimum atomic E-state index is -3.12. The normalized spacial score (nSPS) is 19.0. The van der Waals surface area contributed by atoms with Crippen LogP contribution in [0.15, 0.2) is 18.2 Å². The number of ether oxygens (including phenoxy) is 3. The van der Waals surface area contributed by atoms with Gasteiger partial charge in [-0.25, -0.2) is 13.6 Å². The van der Waals surface area contributed by atoms with Crippen molar-refractivity contribution in [1.29, 1.82) is 0 Å². The number of halogens is 2. The molecule has 3 rings (SSSR count). The van der Waals surface area contributed by atoms with Crippen LogP contribution in [0.4, 0.5) is 8.78 Å². The molecular weight excluding hydrogens is 429 g/mol. The number of carbonyl (C=O) groups excluding carboxylic acids is 3. The Balaban J connectivity index is 1.57. The van der Waals surface area contributed by atoms with Crippen LogP contribution in [0.2, 0.25) is 5.82 Å². The molecule has 0 amide bonds. The number of ketones is 1. The Bertz CT molecular complexity index is 851. The van der Waals surface area contributed by atoms with Crippen molar-refractivity contribution in [3.63, 3.8) is 0 Å². The summed E-state index contributed by atoms with van der Waals surface area (Å²) in [5, 5.41) is 10.3. The average molecular weight is 454 g/mol. The molecule has 0 bridgehead atoms. The molecule has 1 atom stereocenters. The van der Waals surface area contributed by atoms with Crippen LogP contribution in [-0.4, -0.2) is 55.8 Å². The molecular formula is C21H25BF2O8. The van der Waals surface area contributed by atoms with Gasteiger partial charge in [-0.15, -0.1) is 0 Å². The van der Waals surface area contributed by atoms with E-state index in [1.807, 2.05) is 0 Å². The Morgan fingerprint density at radius 1 is 1.22 bits per heavy atom. The van der Waals surface area contributed by atoms with Gasteiger partial charge in [0.05, 0.1) is 12.3 Å². The van der Waals surface area contributed by atoms with Gasteiger partial charge in [-0.1, -0.05) is 12.1 Å². The van der Waals surface area contributed by atoms with Crippen LogP contribution >= 0.6 is 0 Å². The first kappa shape index (κ1) is 24.1. The van der Waals surface area contributed by atoms with Crippen molar-refractivity contribution in [3.8, 4) is 5.75 Å². The smallest absolute Gasteiger partial charge is 0.526 e. The Kier molecular flexibility index (Phi) is 7.84. The number of rotatable bonds is 8. The fourth-order valence-electron chi connectivity index (χ4n) is 3.80. The molecule has 32 heavy (non-hydrogen) atoms. The lowest BCUT2D eigenvalue weighted by molar-refractivity contribution is -0.160. The molecule has 1 saturated heterocycles. The van der Waals surface area contributed by atoms with Gasteiger partial charge in [-0.3, -0.25) is 9.59 Å². The van der Waals surface area contributed by atoms with E-state index in [4.69, 9.17) is 18.9 Å². The first-order valence-corrected chi connectivity index (χ1v) is 10.4. The fraction of sp³-hybridized carbons (Fsp3) is 0.571. The van der Waals surface area contributed by atoms with Crippen molar-refractivity contribution in [2.75, 3.05) is 20.0 Å². The zero-order chi connectivity index (χ0) is 23.3. The highest BCUT2D eigenvalue weighted by molar-refractivity contribution is 6.47. The third-order valence-electron chi connectivity index (χ3n) is 5.38. The van der Waals surface area contributed by atoms with Crippen LogP contribution in [0.5, 0.6) is 5.75 Å². The van der Waals surface area contributed by atoms with E-state index in [2.05, 4.69) is 0 Å². The zero-order valence-electron chi connectivity index (χ0n) is 17.7. The van der Waals surface area contributed by atoms with Crippen molar-refractivity contribution >= 4 is 24.8 Å². The Labute approximate surface area is 184 Å². The molecule has 11 heteroatoms. The minimum absolute atomic E-state index is 0.0218. The SMILES string of the molecule is CC(F)(F)CC(=O)C[C@H]1Cc2cccc(C(=O)OCOC(=O)C3CCOCC3)c2OB1O. The van der Waals surface area contributed by atoms with Crippen molar-refractivity contribution in [2.45, 2.75) is 50.8 Å². The van der Waals surface area contributed by atoms with E-state index in [1.54, 1.807) is 12.1 Å². The molecule has 0 radical (unpaired) electrons. The second-order valence-corrected chi connectivity index (χ2v) is 8.16. The van der Waals surface area contributed by atoms with Gasteiger partial charge < -0.3 is 23.9 Å². The van der Waals surface area contributed by atoms with E-state index in [0.29, 0.717) is 38.5 Å². The van der Waals surface area contributed by atoms with Gasteiger partial charge in [-0.05, 0) is 37.8 Å². The number of hydrogen-bond acceptors (Lipinski definition) is 8. The quantitative estimate of drug-likeness (QED) is 0.363. The summed E-state index contributed by atoms with van der Waals surface area (Å²) in [5.41, 5.74) is 0.554. The Hall–Kier alpha value is -2.53. The number of Topliss-reactive ketones (excluding diaryl/α,β-unsaturated/α-hetero) is 1. The monoisotopic (exact) mass is 454 g/mol. The highest BCUT2D eigenvalue weighted by Crippen LogP contribution is 2.37. The van der Waals surface area contributed by atoms with Crippen molar-refractivity contribution in [2.24, 2.45) is 5.92 Å². The summed E-state index contributed by atoms with van der Waals surface area (Å²) in [7, 11) is -1.45. The molecule has 2 heterocycles. The van der Waals surface area contributed by atoms with Crippen molar-refractivity contribution < 1.29 is 47.1 Å². The van der Waals surface area contributed by atoms with Gasteiger partial charge in [-0.2, -0.15) is 0 Å². The summed E-state index contributed by atoms with van der Waals surface area (Å²) in [5.74, 6) is -6.01. The maximum Gasteiger partial charge on any atom is 0.526 e. The zero-order valence-corrected chi connectivity index (χ0v) is 17.7. The van der Waals surface area contributed by atoms with Crippen molar-refractivity contribution in [3.05, 3.63) is 29.3 Å². The molecule has 1 aromatic carbocycles. The maximum absolute atomic E-state index is 13.1. The molecule has 0 spiro atoms. The second-order valence-electron chi connectivity index (χ2n) is 8.16. The molecule has 8 nitrogen and oxygen atoms in total. The molecule has 1 aromatic rings. The lowest BCUT2D eigenvalue weighted by Crippen LogP contribution is -2.36. The molecule has 0 aliphatic carbocycles. The van der Waals surface area contributed by atoms with Gasteiger partial charge in [0.25, 0.3) is 5.92 Å². The van der Waals surface area contributed by atoms with Crippen molar-refractivity contribution in [1.82, 2.24) is 0 Å². The summed E-state index contributed by atoms with van der Waals surface area (Å²) in [4.78, 5) is 36.3. The summed E-state index contributed by atoms with van der Waals surface area (Å²) in [6, 6.07) is 4.65. The molecule has 0 saturated carbocycles. The predicted molar refractivity (Wildman–Crippen MR) is 107 cm³/mol. The number of carbonyl (C=O) groups is 3. The van der Waals surface area contributed by atoms with Gasteiger partial charge >= 0.3 is 19.1 Å². The number of benzene rings is 1. The predicted octanol–water partition coefficient (Wildman–Crippen LogP) is 2.56. The standard InChI is InChI=1S/C21H25BF2O8/c1-21(23,24)11-16(25)10-15-9-14-3-2-4-17(18(14)32-22(15)28)20(27)31-12-30-19(26)13-5-7-29-8-6-13/h2-4,13,15,28H,5-12H2,1H3/t15-/m1/s1. The third-order valence-corrected chi connectivity index (χ3v) is 5.38. The third kappa shape index (κ3) is 6.49. The maximum atomic E-state index is 13.1. The minimum Gasteiger partial charge on any atom is -0.535 e. The number of para-hydroxylation sites is 1. The number of esters is 2. The molecule has 0 aromatic heterocycles. The van der Waals surface area contributed by atoms with Crippen LogP contribution in [0.25, 0.3) is 0 Å². The van der Waals surface area contributed by atoms with Crippen LogP contribution < -0.4 is 4.65 Å². The second kappa shape index (κ2) is 10.4. The van der Waals surface area contributed by atoms with E-state index in [1.165, 1.54) is 6.07 Å². The Morgan fingerprint density at radius 2 is 1.94 bits per heavy atom. The first-order chi connectivity index (χ1) is 15.1. The highest BCUT2D eigenvalue weighted by Gasteiger charge is 2.39. The molecule has 1 fully saturated rings. The van der Waals surface area contributed by atoms with E-state index < -0.39 is 49.8 Å². The summed E-state index contributed by atoms with van der Waals surface area (Å²) in [6.07, 6.45) is 0.0643. The number of fused-ring (bicyclic) bond motifs is 1. The van der Waals surface area contributed by atoms with Gasteiger partial charge in [0.1, 0.15) is 17.1 Å². The number of alkyl halides is 2. The summed E-state index contributed by atoms with van der Waals surface area (Å²) < 4.78 is 46.8. The lowest BCUT2D eigenvalue weighted by Gasteiger charge is -2.28. The molecule has 174 valence electrons. The van der Waals surface area contributed by atoms with Gasteiger partial charge in [0.15, 0.2) is 0 Å². The molecule has 1 N–H and O–H groups in total. The largest absolute Gasteiger partial charge is 0.535 e. The first-order valence-electron chi connectivity index (χ1n) is 10.4. The van der Waals surface area contributed by atoms with E-state index >= 15 is 0 Å². The van der Waals surface area contributed by atoms with Crippen LogP contribution in [0.1, 0.15) is 48.5 Å². The molecule has 2 aliphatic heterocycles. The molecule has 0 unspecified atom stereocenters. The van der Waals surface area contributed by atoms with Crippen LogP contribution in [-0.2, 0) is 30.2 Å². The van der Waals surface area contributed by atoms with Crippen LogP contribution in [0, 0.1) is 5.92 Å². The van der Waals surface area contributed by atoms with Gasteiger partial charge in [0.2, 0.25) is 6.79 Å². The number of hydrogen-bond donors (Lipinski definition) is 1. The summed E-state index contributed by atoms with van der Waals surface area (Å²) >= 11 is 0. The van der Waals surface area contributed by atoms with E-state index in [0.717, 1.165) is 0 Å². The average Bonchev–Trinajstić information content (AvgIpc) is 2.73. The highest BCUT2D eigenvalue weighted by atomic mass is 19.3. The topological polar surface area (TPSA) is 108 Å². The van der Waals surface area contributed by atoms with Gasteiger partial charge in [0, 0.05) is 25.5 Å². The Morgan fingerprint density at radius 3 is 2.62 bits per heavy atom. The fourth-order valence-corrected chi connectivity index (χ4v) is 3.80. The lowest BCUT2D eigenvalue weighted by atomic mass is 9.64. The molecule has 2 aliphatic rings. The van der Waals surface area contributed by atoms with E-state index in [-0.39, 0.29) is 30.1 Å².